The van der Waals surface area contributed by atoms with Gasteiger partial charge >= 0.3 is 6.36 Å². The van der Waals surface area contributed by atoms with Gasteiger partial charge in [0.25, 0.3) is 5.91 Å². The lowest BCUT2D eigenvalue weighted by Gasteiger charge is -2.18. The molecule has 1 fully saturated rings. The molecule has 0 aliphatic carbocycles. The first kappa shape index (κ1) is 20.4. The average Bonchev–Trinajstić information content (AvgIpc) is 2.94. The summed E-state index contributed by atoms with van der Waals surface area (Å²) in [5.74, 6) is -0.430. The van der Waals surface area contributed by atoms with Crippen LogP contribution in [-0.4, -0.2) is 52.8 Å². The van der Waals surface area contributed by atoms with Gasteiger partial charge in [-0.1, -0.05) is 0 Å². The number of benzene rings is 1. The number of nitrogens with zero attached hydrogens (tertiary/aromatic N) is 2. The summed E-state index contributed by atoms with van der Waals surface area (Å²) in [6, 6.07) is 6.26. The molecule has 1 aromatic carbocycles. The van der Waals surface area contributed by atoms with Crippen molar-refractivity contribution in [3.63, 3.8) is 0 Å². The van der Waals surface area contributed by atoms with Gasteiger partial charge < -0.3 is 25.2 Å². The second-order valence-electron chi connectivity index (χ2n) is 6.10. The predicted molar refractivity (Wildman–Crippen MR) is 97.2 cm³/mol. The van der Waals surface area contributed by atoms with Crippen LogP contribution in [0.5, 0.6) is 5.75 Å². The predicted octanol–water partition coefficient (Wildman–Crippen LogP) is 2.54. The number of hydrogen-bond acceptors (Lipinski definition) is 6. The zero-order valence-corrected chi connectivity index (χ0v) is 15.7. The standard InChI is InChI=1S/C17H15BrF3N3O4/c18-12-5-9(6-22-15(12)24-7-13(25)14(26)8-24)16(27)23-10-1-3-11(4-2-10)28-17(19,20)21/h1-6,13-14,25-26H,7-8H2,(H,23,27)/t13-,14+. The summed E-state index contributed by atoms with van der Waals surface area (Å²) in [4.78, 5) is 18.2. The topological polar surface area (TPSA) is 94.9 Å². The Hall–Kier alpha value is -2.37. The summed E-state index contributed by atoms with van der Waals surface area (Å²) in [5.41, 5.74) is 0.497. The third kappa shape index (κ3) is 4.91. The number of hydrogen-bond donors (Lipinski definition) is 3. The molecule has 0 unspecified atom stereocenters. The summed E-state index contributed by atoms with van der Waals surface area (Å²) in [5, 5.41) is 21.8. The van der Waals surface area contributed by atoms with Crippen molar-refractivity contribution >= 4 is 33.3 Å². The van der Waals surface area contributed by atoms with Crippen molar-refractivity contribution in [2.45, 2.75) is 18.6 Å². The second-order valence-corrected chi connectivity index (χ2v) is 6.95. The first-order valence-corrected chi connectivity index (χ1v) is 8.85. The molecular formula is C17H15BrF3N3O4. The highest BCUT2D eigenvalue weighted by atomic mass is 79.9. The maximum Gasteiger partial charge on any atom is 0.573 e. The van der Waals surface area contributed by atoms with E-state index in [1.54, 1.807) is 4.90 Å². The van der Waals surface area contributed by atoms with Crippen molar-refractivity contribution in [2.75, 3.05) is 23.3 Å². The van der Waals surface area contributed by atoms with Crippen LogP contribution < -0.4 is 15.0 Å². The number of halogens is 4. The van der Waals surface area contributed by atoms with E-state index in [9.17, 15) is 28.2 Å². The van der Waals surface area contributed by atoms with E-state index in [1.165, 1.54) is 24.4 Å². The minimum atomic E-state index is -4.79. The van der Waals surface area contributed by atoms with Gasteiger partial charge in [0, 0.05) is 25.0 Å². The van der Waals surface area contributed by atoms with Crippen LogP contribution in [0.3, 0.4) is 0 Å². The van der Waals surface area contributed by atoms with E-state index in [4.69, 9.17) is 0 Å². The molecule has 2 atom stereocenters. The second kappa shape index (κ2) is 7.94. The Morgan fingerprint density at radius 2 is 1.82 bits per heavy atom. The highest BCUT2D eigenvalue weighted by Gasteiger charge is 2.32. The van der Waals surface area contributed by atoms with E-state index in [1.807, 2.05) is 0 Å². The summed E-state index contributed by atoms with van der Waals surface area (Å²) in [7, 11) is 0. The van der Waals surface area contributed by atoms with Gasteiger partial charge in [0.2, 0.25) is 0 Å². The minimum Gasteiger partial charge on any atom is -0.406 e. The molecular weight excluding hydrogens is 447 g/mol. The monoisotopic (exact) mass is 461 g/mol. The van der Waals surface area contributed by atoms with E-state index < -0.39 is 30.2 Å². The minimum absolute atomic E-state index is 0.213. The van der Waals surface area contributed by atoms with Crippen molar-refractivity contribution in [1.82, 2.24) is 4.98 Å². The van der Waals surface area contributed by atoms with Gasteiger partial charge in [-0.2, -0.15) is 0 Å². The molecule has 1 amide bonds. The normalized spacial score (nSPS) is 19.6. The van der Waals surface area contributed by atoms with E-state index in [0.717, 1.165) is 12.1 Å². The fourth-order valence-corrected chi connectivity index (χ4v) is 3.27. The number of β-amino-alcohol motifs (C(OH)–C–C–N with tert-alkyl or cyclic N) is 2. The van der Waals surface area contributed by atoms with E-state index in [-0.39, 0.29) is 24.3 Å². The molecule has 0 saturated carbocycles. The van der Waals surface area contributed by atoms with Crippen molar-refractivity contribution < 1.29 is 32.9 Å². The van der Waals surface area contributed by atoms with E-state index in [2.05, 4.69) is 31.0 Å². The van der Waals surface area contributed by atoms with Gasteiger partial charge in [-0.3, -0.25) is 4.79 Å². The maximum atomic E-state index is 12.3. The zero-order chi connectivity index (χ0) is 20.5. The average molecular weight is 462 g/mol. The van der Waals surface area contributed by atoms with Crippen LogP contribution in [0.1, 0.15) is 10.4 Å². The highest BCUT2D eigenvalue weighted by molar-refractivity contribution is 9.10. The van der Waals surface area contributed by atoms with Gasteiger partial charge in [-0.25, -0.2) is 4.98 Å². The first-order valence-electron chi connectivity index (χ1n) is 8.06. The molecule has 7 nitrogen and oxygen atoms in total. The molecule has 1 saturated heterocycles. The Balaban J connectivity index is 1.67. The Labute approximate surface area is 165 Å². The number of ether oxygens (including phenoxy) is 1. The van der Waals surface area contributed by atoms with Crippen LogP contribution in [0.15, 0.2) is 41.0 Å². The molecule has 2 aromatic rings. The van der Waals surface area contributed by atoms with Gasteiger partial charge in [-0.05, 0) is 46.3 Å². The number of anilines is 2. The summed E-state index contributed by atoms with van der Waals surface area (Å²) < 4.78 is 40.8. The third-order valence-corrected chi connectivity index (χ3v) is 4.57. The third-order valence-electron chi connectivity index (χ3n) is 3.99. The number of aliphatic hydroxyl groups excluding tert-OH is 2. The molecule has 150 valence electrons. The molecule has 2 heterocycles. The molecule has 28 heavy (non-hydrogen) atoms. The molecule has 1 aliphatic rings. The molecule has 0 bridgehead atoms. The lowest BCUT2D eigenvalue weighted by molar-refractivity contribution is -0.274. The molecule has 1 aromatic heterocycles. The highest BCUT2D eigenvalue weighted by Crippen LogP contribution is 2.28. The zero-order valence-electron chi connectivity index (χ0n) is 14.2. The van der Waals surface area contributed by atoms with Crippen LogP contribution in [0.2, 0.25) is 0 Å². The summed E-state index contributed by atoms with van der Waals surface area (Å²) >= 11 is 3.32. The lowest BCUT2D eigenvalue weighted by Crippen LogP contribution is -2.23. The number of amides is 1. The number of alkyl halides is 3. The number of carbonyl (C=O) groups excluding carboxylic acids is 1. The molecule has 0 spiro atoms. The summed E-state index contributed by atoms with van der Waals surface area (Å²) in [6.07, 6.45) is -5.21. The first-order chi connectivity index (χ1) is 13.1. The van der Waals surface area contributed by atoms with Crippen LogP contribution in [0.25, 0.3) is 0 Å². The number of aromatic nitrogens is 1. The Bertz CT molecular complexity index is 854. The summed E-state index contributed by atoms with van der Waals surface area (Å²) in [6.45, 7) is 0.426. The number of pyridine rings is 1. The van der Waals surface area contributed by atoms with Crippen molar-refractivity contribution in [2.24, 2.45) is 0 Å². The van der Waals surface area contributed by atoms with E-state index in [0.29, 0.717) is 10.3 Å². The number of aliphatic hydroxyl groups is 2. The smallest absolute Gasteiger partial charge is 0.406 e. The molecule has 1 aliphatic heterocycles. The van der Waals surface area contributed by atoms with Crippen LogP contribution >= 0.6 is 15.9 Å². The Morgan fingerprint density at radius 3 is 2.36 bits per heavy atom. The number of carbonyl (C=O) groups is 1. The quantitative estimate of drug-likeness (QED) is 0.647. The molecule has 11 heteroatoms. The number of rotatable bonds is 4. The van der Waals surface area contributed by atoms with Crippen molar-refractivity contribution in [3.8, 4) is 5.75 Å². The van der Waals surface area contributed by atoms with Gasteiger partial charge in [-0.15, -0.1) is 13.2 Å². The Morgan fingerprint density at radius 1 is 1.21 bits per heavy atom. The SMILES string of the molecule is O=C(Nc1ccc(OC(F)(F)F)cc1)c1cnc(N2C[C@@H](O)[C@@H](O)C2)c(Br)c1. The molecule has 3 rings (SSSR count). The van der Waals surface area contributed by atoms with E-state index >= 15 is 0 Å². The van der Waals surface area contributed by atoms with Crippen LogP contribution in [0.4, 0.5) is 24.7 Å². The molecule has 0 radical (unpaired) electrons. The van der Waals surface area contributed by atoms with Crippen LogP contribution in [-0.2, 0) is 0 Å². The van der Waals surface area contributed by atoms with Crippen molar-refractivity contribution in [1.29, 1.82) is 0 Å². The number of nitrogens with one attached hydrogen (secondary N) is 1. The fraction of sp³-hybridized carbons (Fsp3) is 0.294. The lowest BCUT2D eigenvalue weighted by atomic mass is 10.2. The van der Waals surface area contributed by atoms with Gasteiger partial charge in [0.1, 0.15) is 11.6 Å². The van der Waals surface area contributed by atoms with Crippen molar-refractivity contribution in [3.05, 3.63) is 46.6 Å². The maximum absolute atomic E-state index is 12.3. The van der Waals surface area contributed by atoms with Gasteiger partial charge in [0.05, 0.1) is 22.2 Å². The van der Waals surface area contributed by atoms with Crippen LogP contribution in [0, 0.1) is 0 Å². The fourth-order valence-electron chi connectivity index (χ4n) is 2.67. The molecule has 3 N–H and O–H groups in total. The largest absolute Gasteiger partial charge is 0.573 e. The van der Waals surface area contributed by atoms with Gasteiger partial charge in [0.15, 0.2) is 0 Å². The Kier molecular flexibility index (Phi) is 5.77.